The molecule has 0 amide bonds. The largest absolute Gasteiger partial charge is 0.312 e. The van der Waals surface area contributed by atoms with Crippen molar-refractivity contribution in [2.24, 2.45) is 5.92 Å². The Hall–Kier alpha value is -0.570. The summed E-state index contributed by atoms with van der Waals surface area (Å²) in [6.07, 6.45) is 2.42. The van der Waals surface area contributed by atoms with Crippen molar-refractivity contribution in [3.8, 4) is 0 Å². The molecule has 0 saturated heterocycles. The zero-order valence-electron chi connectivity index (χ0n) is 13.1. The smallest absolute Gasteiger partial charge is 0.0440 e. The van der Waals surface area contributed by atoms with Crippen molar-refractivity contribution >= 4 is 11.6 Å². The van der Waals surface area contributed by atoms with Crippen LogP contribution in [0, 0.1) is 5.92 Å². The van der Waals surface area contributed by atoms with Crippen LogP contribution in [0.15, 0.2) is 24.3 Å². The average molecular weight is 295 g/mol. The summed E-state index contributed by atoms with van der Waals surface area (Å²) in [7, 11) is 4.33. The van der Waals surface area contributed by atoms with Gasteiger partial charge in [-0.25, -0.2) is 0 Å². The molecule has 112 valence electrons. The lowest BCUT2D eigenvalue weighted by Crippen LogP contribution is -2.48. The minimum Gasteiger partial charge on any atom is -0.312 e. The molecule has 1 atom stereocenters. The van der Waals surface area contributed by atoms with Gasteiger partial charge in [-0.15, -0.1) is 0 Å². The summed E-state index contributed by atoms with van der Waals surface area (Å²) in [6, 6.07) is 9.51. The normalized spacial score (nSPS) is 23.9. The molecule has 1 unspecified atom stereocenters. The van der Waals surface area contributed by atoms with E-state index in [0.717, 1.165) is 11.6 Å². The molecule has 1 aromatic carbocycles. The number of halogens is 1. The summed E-state index contributed by atoms with van der Waals surface area (Å²) in [5, 5.41) is 4.64. The molecule has 2 nitrogen and oxygen atoms in total. The number of nitrogens with one attached hydrogen (secondary N) is 1. The minimum atomic E-state index is 0.606. The quantitative estimate of drug-likeness (QED) is 0.859. The highest BCUT2D eigenvalue weighted by atomic mass is 35.5. The zero-order valence-corrected chi connectivity index (χ0v) is 13.8. The van der Waals surface area contributed by atoms with Crippen molar-refractivity contribution < 1.29 is 0 Å². The molecular weight excluding hydrogens is 268 g/mol. The molecule has 1 aromatic rings. The minimum absolute atomic E-state index is 0.606. The SMILES string of the molecule is CC(C)C(CNC1CC(c2ccccc2Cl)C1)N(C)C. The van der Waals surface area contributed by atoms with Gasteiger partial charge in [0.15, 0.2) is 0 Å². The summed E-state index contributed by atoms with van der Waals surface area (Å²) in [6.45, 7) is 5.66. The molecule has 0 spiro atoms. The van der Waals surface area contributed by atoms with Gasteiger partial charge in [0.25, 0.3) is 0 Å². The van der Waals surface area contributed by atoms with E-state index in [9.17, 15) is 0 Å². The van der Waals surface area contributed by atoms with E-state index in [1.165, 1.54) is 18.4 Å². The van der Waals surface area contributed by atoms with Crippen LogP contribution < -0.4 is 5.32 Å². The van der Waals surface area contributed by atoms with E-state index in [0.29, 0.717) is 23.9 Å². The number of hydrogen-bond donors (Lipinski definition) is 1. The monoisotopic (exact) mass is 294 g/mol. The molecule has 20 heavy (non-hydrogen) atoms. The van der Waals surface area contributed by atoms with Gasteiger partial charge in [-0.05, 0) is 50.4 Å². The number of hydrogen-bond acceptors (Lipinski definition) is 2. The van der Waals surface area contributed by atoms with Crippen molar-refractivity contribution in [2.75, 3.05) is 20.6 Å². The Labute approximate surface area is 128 Å². The number of nitrogens with zero attached hydrogens (tertiary/aromatic N) is 1. The molecule has 0 heterocycles. The molecule has 0 bridgehead atoms. The Balaban J connectivity index is 1.78. The van der Waals surface area contributed by atoms with E-state index < -0.39 is 0 Å². The third-order valence-electron chi connectivity index (χ3n) is 4.53. The van der Waals surface area contributed by atoms with E-state index in [2.05, 4.69) is 50.3 Å². The second-order valence-electron chi connectivity index (χ2n) is 6.57. The predicted molar refractivity (Wildman–Crippen MR) is 87.5 cm³/mol. The van der Waals surface area contributed by atoms with Gasteiger partial charge in [0.1, 0.15) is 0 Å². The van der Waals surface area contributed by atoms with Gasteiger partial charge in [0, 0.05) is 23.7 Å². The van der Waals surface area contributed by atoms with Crippen molar-refractivity contribution in [2.45, 2.75) is 44.7 Å². The topological polar surface area (TPSA) is 15.3 Å². The van der Waals surface area contributed by atoms with E-state index in [4.69, 9.17) is 11.6 Å². The molecule has 2 rings (SSSR count). The van der Waals surface area contributed by atoms with Gasteiger partial charge >= 0.3 is 0 Å². The first-order valence-electron chi connectivity index (χ1n) is 7.63. The highest BCUT2D eigenvalue weighted by Crippen LogP contribution is 2.39. The van der Waals surface area contributed by atoms with Crippen LogP contribution in [0.5, 0.6) is 0 Å². The van der Waals surface area contributed by atoms with Crippen LogP contribution >= 0.6 is 11.6 Å². The van der Waals surface area contributed by atoms with Crippen molar-refractivity contribution in [1.82, 2.24) is 10.2 Å². The Bertz CT molecular complexity index is 417. The highest BCUT2D eigenvalue weighted by Gasteiger charge is 2.31. The molecule has 3 heteroatoms. The van der Waals surface area contributed by atoms with E-state index >= 15 is 0 Å². The van der Waals surface area contributed by atoms with Gasteiger partial charge < -0.3 is 10.2 Å². The fourth-order valence-electron chi connectivity index (χ4n) is 3.15. The van der Waals surface area contributed by atoms with Crippen molar-refractivity contribution in [3.63, 3.8) is 0 Å². The molecule has 1 saturated carbocycles. The molecule has 0 aromatic heterocycles. The van der Waals surface area contributed by atoms with Crippen molar-refractivity contribution in [1.29, 1.82) is 0 Å². The Kier molecular flexibility index (Phi) is 5.48. The lowest BCUT2D eigenvalue weighted by atomic mass is 9.75. The van der Waals surface area contributed by atoms with Crippen LogP contribution in [0.2, 0.25) is 5.02 Å². The Morgan fingerprint density at radius 3 is 2.45 bits per heavy atom. The summed E-state index contributed by atoms with van der Waals surface area (Å²) in [5.74, 6) is 1.31. The first-order valence-corrected chi connectivity index (χ1v) is 8.01. The molecule has 1 fully saturated rings. The van der Waals surface area contributed by atoms with Crippen LogP contribution in [0.25, 0.3) is 0 Å². The Morgan fingerprint density at radius 2 is 1.90 bits per heavy atom. The third kappa shape index (κ3) is 3.75. The van der Waals surface area contributed by atoms with Gasteiger partial charge in [-0.1, -0.05) is 43.6 Å². The standard InChI is InChI=1S/C17H27ClN2/c1-12(2)17(20(3)4)11-19-14-9-13(10-14)15-7-5-6-8-16(15)18/h5-8,12-14,17,19H,9-11H2,1-4H3. The first kappa shape index (κ1) is 15.8. The summed E-state index contributed by atoms with van der Waals surface area (Å²) in [5.41, 5.74) is 1.32. The van der Waals surface area contributed by atoms with Crippen LogP contribution in [-0.4, -0.2) is 37.6 Å². The maximum Gasteiger partial charge on any atom is 0.0440 e. The Morgan fingerprint density at radius 1 is 1.25 bits per heavy atom. The first-order chi connectivity index (χ1) is 9.49. The highest BCUT2D eigenvalue weighted by molar-refractivity contribution is 6.31. The predicted octanol–water partition coefficient (Wildman–Crippen LogP) is 3.76. The number of rotatable bonds is 6. The summed E-state index contributed by atoms with van der Waals surface area (Å²) < 4.78 is 0. The molecular formula is C17H27ClN2. The lowest BCUT2D eigenvalue weighted by Gasteiger charge is -2.39. The maximum absolute atomic E-state index is 6.26. The molecule has 1 aliphatic rings. The lowest BCUT2D eigenvalue weighted by molar-refractivity contribution is 0.198. The number of likely N-dealkylation sites (N-methyl/N-ethyl adjacent to an activating group) is 1. The van der Waals surface area contributed by atoms with Crippen LogP contribution in [-0.2, 0) is 0 Å². The third-order valence-corrected chi connectivity index (χ3v) is 4.88. The van der Waals surface area contributed by atoms with Gasteiger partial charge in [-0.2, -0.15) is 0 Å². The average Bonchev–Trinajstić information content (AvgIpc) is 2.32. The maximum atomic E-state index is 6.26. The second-order valence-corrected chi connectivity index (χ2v) is 6.98. The van der Waals surface area contributed by atoms with Crippen LogP contribution in [0.1, 0.15) is 38.2 Å². The molecule has 0 aliphatic heterocycles. The summed E-state index contributed by atoms with van der Waals surface area (Å²) in [4.78, 5) is 2.32. The van der Waals surface area contributed by atoms with Crippen LogP contribution in [0.4, 0.5) is 0 Å². The molecule has 1 N–H and O–H groups in total. The fraction of sp³-hybridized carbons (Fsp3) is 0.647. The molecule has 1 aliphatic carbocycles. The van der Waals surface area contributed by atoms with E-state index in [1.54, 1.807) is 0 Å². The zero-order chi connectivity index (χ0) is 14.7. The van der Waals surface area contributed by atoms with Gasteiger partial charge in [0.2, 0.25) is 0 Å². The van der Waals surface area contributed by atoms with Crippen molar-refractivity contribution in [3.05, 3.63) is 34.9 Å². The fourth-order valence-corrected chi connectivity index (χ4v) is 3.44. The van der Waals surface area contributed by atoms with Gasteiger partial charge in [0.05, 0.1) is 0 Å². The van der Waals surface area contributed by atoms with E-state index in [-0.39, 0.29) is 0 Å². The van der Waals surface area contributed by atoms with E-state index in [1.807, 2.05) is 12.1 Å². The number of benzene rings is 1. The molecule has 0 radical (unpaired) electrons. The second kappa shape index (κ2) is 6.93. The summed E-state index contributed by atoms with van der Waals surface area (Å²) >= 11 is 6.26. The van der Waals surface area contributed by atoms with Crippen LogP contribution in [0.3, 0.4) is 0 Å². The van der Waals surface area contributed by atoms with Gasteiger partial charge in [-0.3, -0.25) is 0 Å².